The minimum absolute atomic E-state index is 0.00424. The van der Waals surface area contributed by atoms with Crippen LogP contribution in [0.25, 0.3) is 0 Å². The van der Waals surface area contributed by atoms with Crippen LogP contribution in [-0.2, 0) is 4.79 Å². The fourth-order valence-electron chi connectivity index (χ4n) is 2.18. The highest BCUT2D eigenvalue weighted by Crippen LogP contribution is 2.27. The monoisotopic (exact) mass is 240 g/mol. The zero-order chi connectivity index (χ0) is 12.4. The Bertz CT molecular complexity index is 408. The SMILES string of the molecule is NC(=O)C1CCN(c2c(F)cccc2F)CC1. The molecule has 5 heteroatoms. The molecule has 1 heterocycles. The first-order chi connectivity index (χ1) is 8.09. The molecule has 1 saturated heterocycles. The van der Waals surface area contributed by atoms with Crippen molar-refractivity contribution in [1.29, 1.82) is 0 Å². The molecule has 0 aromatic heterocycles. The van der Waals surface area contributed by atoms with Gasteiger partial charge >= 0.3 is 0 Å². The number of rotatable bonds is 2. The van der Waals surface area contributed by atoms with Crippen LogP contribution in [0.15, 0.2) is 18.2 Å². The predicted molar refractivity (Wildman–Crippen MR) is 60.5 cm³/mol. The van der Waals surface area contributed by atoms with Gasteiger partial charge in [-0.25, -0.2) is 8.78 Å². The molecule has 2 N–H and O–H groups in total. The molecule has 92 valence electrons. The Morgan fingerprint density at radius 1 is 1.24 bits per heavy atom. The maximum absolute atomic E-state index is 13.5. The first-order valence-electron chi connectivity index (χ1n) is 5.58. The van der Waals surface area contributed by atoms with Gasteiger partial charge in [-0.2, -0.15) is 0 Å². The Morgan fingerprint density at radius 2 is 1.76 bits per heavy atom. The van der Waals surface area contributed by atoms with E-state index in [2.05, 4.69) is 0 Å². The first kappa shape index (κ1) is 11.8. The van der Waals surface area contributed by atoms with Crippen LogP contribution in [0, 0.1) is 17.6 Å². The Labute approximate surface area is 98.2 Å². The van der Waals surface area contributed by atoms with E-state index < -0.39 is 11.6 Å². The molecule has 1 aliphatic rings. The highest BCUT2D eigenvalue weighted by atomic mass is 19.1. The molecule has 0 radical (unpaired) electrons. The number of carbonyl (C=O) groups excluding carboxylic acids is 1. The molecule has 3 nitrogen and oxygen atoms in total. The lowest BCUT2D eigenvalue weighted by Gasteiger charge is -2.32. The lowest BCUT2D eigenvalue weighted by atomic mass is 9.96. The zero-order valence-corrected chi connectivity index (χ0v) is 9.33. The maximum atomic E-state index is 13.5. The number of primary amides is 1. The van der Waals surface area contributed by atoms with E-state index in [1.165, 1.54) is 18.2 Å². The highest BCUT2D eigenvalue weighted by molar-refractivity contribution is 5.77. The summed E-state index contributed by atoms with van der Waals surface area (Å²) in [5, 5.41) is 0. The van der Waals surface area contributed by atoms with Crippen LogP contribution in [0.1, 0.15) is 12.8 Å². The number of amides is 1. The quantitative estimate of drug-likeness (QED) is 0.854. The van der Waals surface area contributed by atoms with E-state index >= 15 is 0 Å². The third-order valence-corrected chi connectivity index (χ3v) is 3.15. The summed E-state index contributed by atoms with van der Waals surface area (Å²) < 4.78 is 27.0. The highest BCUT2D eigenvalue weighted by Gasteiger charge is 2.26. The smallest absolute Gasteiger partial charge is 0.220 e. The number of para-hydroxylation sites is 1. The Kier molecular flexibility index (Phi) is 3.26. The summed E-state index contributed by atoms with van der Waals surface area (Å²) in [6.45, 7) is 0.900. The molecule has 1 aromatic carbocycles. The largest absolute Gasteiger partial charge is 0.369 e. The van der Waals surface area contributed by atoms with Crippen LogP contribution in [-0.4, -0.2) is 19.0 Å². The summed E-state index contributed by atoms with van der Waals surface area (Å²) in [7, 11) is 0. The third-order valence-electron chi connectivity index (χ3n) is 3.15. The molecular formula is C12H14F2N2O. The van der Waals surface area contributed by atoms with Crippen LogP contribution < -0.4 is 10.6 Å². The summed E-state index contributed by atoms with van der Waals surface area (Å²) in [6, 6.07) is 3.81. The van der Waals surface area contributed by atoms with Crippen LogP contribution in [0.3, 0.4) is 0 Å². The van der Waals surface area contributed by atoms with Crippen LogP contribution in [0.4, 0.5) is 14.5 Å². The number of piperidine rings is 1. The van der Waals surface area contributed by atoms with Crippen molar-refractivity contribution in [2.24, 2.45) is 11.7 Å². The Morgan fingerprint density at radius 3 is 2.24 bits per heavy atom. The second kappa shape index (κ2) is 4.69. The zero-order valence-electron chi connectivity index (χ0n) is 9.33. The van der Waals surface area contributed by atoms with E-state index in [9.17, 15) is 13.6 Å². The average molecular weight is 240 g/mol. The summed E-state index contributed by atoms with van der Waals surface area (Å²) in [5.41, 5.74) is 5.20. The molecule has 2 rings (SSSR count). The van der Waals surface area contributed by atoms with E-state index in [1.807, 2.05) is 0 Å². The van der Waals surface area contributed by atoms with E-state index in [-0.39, 0.29) is 17.5 Å². The van der Waals surface area contributed by atoms with Crippen molar-refractivity contribution in [3.05, 3.63) is 29.8 Å². The van der Waals surface area contributed by atoms with Crippen LogP contribution >= 0.6 is 0 Å². The van der Waals surface area contributed by atoms with E-state index in [4.69, 9.17) is 5.73 Å². The van der Waals surface area contributed by atoms with Crippen LogP contribution in [0.5, 0.6) is 0 Å². The number of hydrogen-bond donors (Lipinski definition) is 1. The molecule has 1 aromatic rings. The number of carbonyl (C=O) groups is 1. The number of nitrogens with zero attached hydrogens (tertiary/aromatic N) is 1. The Balaban J connectivity index is 2.13. The minimum atomic E-state index is -0.567. The van der Waals surface area contributed by atoms with Gasteiger partial charge in [0.15, 0.2) is 0 Å². The predicted octanol–water partition coefficient (Wildman–Crippen LogP) is 1.67. The topological polar surface area (TPSA) is 46.3 Å². The molecule has 17 heavy (non-hydrogen) atoms. The number of benzene rings is 1. The molecular weight excluding hydrogens is 226 g/mol. The van der Waals surface area contributed by atoms with Crippen molar-refractivity contribution in [3.8, 4) is 0 Å². The molecule has 1 amide bonds. The van der Waals surface area contributed by atoms with Crippen molar-refractivity contribution in [2.45, 2.75) is 12.8 Å². The maximum Gasteiger partial charge on any atom is 0.220 e. The van der Waals surface area contributed by atoms with Gasteiger partial charge in [0, 0.05) is 19.0 Å². The molecule has 0 aliphatic carbocycles. The fraction of sp³-hybridized carbons (Fsp3) is 0.417. The van der Waals surface area contributed by atoms with Crippen molar-refractivity contribution in [2.75, 3.05) is 18.0 Å². The third kappa shape index (κ3) is 2.38. The lowest BCUT2D eigenvalue weighted by molar-refractivity contribution is -0.122. The van der Waals surface area contributed by atoms with Gasteiger partial charge in [0.05, 0.1) is 0 Å². The lowest BCUT2D eigenvalue weighted by Crippen LogP contribution is -2.39. The van der Waals surface area contributed by atoms with Gasteiger partial charge in [0.2, 0.25) is 5.91 Å². The van der Waals surface area contributed by atoms with E-state index in [1.54, 1.807) is 4.90 Å². The summed E-state index contributed by atoms with van der Waals surface area (Å²) >= 11 is 0. The normalized spacial score (nSPS) is 17.2. The molecule has 0 bridgehead atoms. The molecule has 1 fully saturated rings. The van der Waals surface area contributed by atoms with Crippen molar-refractivity contribution in [3.63, 3.8) is 0 Å². The van der Waals surface area contributed by atoms with Gasteiger partial charge < -0.3 is 10.6 Å². The van der Waals surface area contributed by atoms with E-state index in [0.717, 1.165) is 0 Å². The van der Waals surface area contributed by atoms with Gasteiger partial charge in [0.1, 0.15) is 17.3 Å². The van der Waals surface area contributed by atoms with Gasteiger partial charge in [0.25, 0.3) is 0 Å². The first-order valence-corrected chi connectivity index (χ1v) is 5.58. The second-order valence-corrected chi connectivity index (χ2v) is 4.23. The van der Waals surface area contributed by atoms with Gasteiger partial charge in [-0.3, -0.25) is 4.79 Å². The Hall–Kier alpha value is -1.65. The van der Waals surface area contributed by atoms with Crippen molar-refractivity contribution in [1.82, 2.24) is 0 Å². The second-order valence-electron chi connectivity index (χ2n) is 4.23. The number of nitrogens with two attached hydrogens (primary N) is 1. The number of halogens is 2. The number of hydrogen-bond acceptors (Lipinski definition) is 2. The molecule has 0 spiro atoms. The summed E-state index contributed by atoms with van der Waals surface area (Å²) in [6.07, 6.45) is 1.09. The van der Waals surface area contributed by atoms with Gasteiger partial charge in [-0.1, -0.05) is 6.07 Å². The van der Waals surface area contributed by atoms with Crippen molar-refractivity contribution >= 4 is 11.6 Å². The fourth-order valence-corrected chi connectivity index (χ4v) is 2.18. The molecule has 0 atom stereocenters. The average Bonchev–Trinajstić information content (AvgIpc) is 2.29. The van der Waals surface area contributed by atoms with Crippen LogP contribution in [0.2, 0.25) is 0 Å². The standard InChI is InChI=1S/C12H14F2N2O/c13-9-2-1-3-10(14)11(9)16-6-4-8(5-7-16)12(15)17/h1-3,8H,4-7H2,(H2,15,17). The molecule has 0 saturated carbocycles. The van der Waals surface area contributed by atoms with Gasteiger partial charge in [-0.05, 0) is 25.0 Å². The number of anilines is 1. The molecule has 1 aliphatic heterocycles. The summed E-state index contributed by atoms with van der Waals surface area (Å²) in [5.74, 6) is -1.65. The van der Waals surface area contributed by atoms with Gasteiger partial charge in [-0.15, -0.1) is 0 Å². The minimum Gasteiger partial charge on any atom is -0.369 e. The summed E-state index contributed by atoms with van der Waals surface area (Å²) in [4.78, 5) is 12.6. The van der Waals surface area contributed by atoms with E-state index in [0.29, 0.717) is 25.9 Å². The van der Waals surface area contributed by atoms with Crippen molar-refractivity contribution < 1.29 is 13.6 Å². The molecule has 0 unspecified atom stereocenters.